The lowest BCUT2D eigenvalue weighted by molar-refractivity contribution is -0.145. The van der Waals surface area contributed by atoms with E-state index in [0.29, 0.717) is 19.3 Å². The Hall–Kier alpha value is -0.800. The Morgan fingerprint density at radius 1 is 0.833 bits per heavy atom. The minimum atomic E-state index is -1.67. The number of carbonyl (C=O) groups excluding carboxylic acids is 2. The molecule has 24 heavy (non-hydrogen) atoms. The Labute approximate surface area is 148 Å². The summed E-state index contributed by atoms with van der Waals surface area (Å²) in [6.07, 6.45) is 3.48. The van der Waals surface area contributed by atoms with Gasteiger partial charge in [-0.2, -0.15) is 0 Å². The molecule has 142 valence electrons. The van der Waals surface area contributed by atoms with Crippen molar-refractivity contribution in [2.45, 2.75) is 76.8 Å². The molecule has 0 aromatic carbocycles. The summed E-state index contributed by atoms with van der Waals surface area (Å²) in [7, 11) is -1.20. The molecule has 0 spiro atoms. The lowest BCUT2D eigenvalue weighted by Crippen LogP contribution is -2.23. The summed E-state index contributed by atoms with van der Waals surface area (Å²) in [5.74, 6) is -0.837. The Morgan fingerprint density at radius 3 is 1.71 bits per heavy atom. The molecule has 9 heteroatoms. The van der Waals surface area contributed by atoms with Crippen LogP contribution in [0.25, 0.3) is 0 Å². The van der Waals surface area contributed by atoms with Crippen molar-refractivity contribution in [2.75, 3.05) is 6.26 Å². The molecule has 0 fully saturated rings. The monoisotopic (exact) mass is 384 g/mol. The quantitative estimate of drug-likeness (QED) is 0.376. The SMILES string of the molecule is CC(C)OS(=O)C(C)OC(=O)CCCCCC(=O)OC(C)S(C)=O. The van der Waals surface area contributed by atoms with Gasteiger partial charge in [-0.3, -0.25) is 18.0 Å². The van der Waals surface area contributed by atoms with E-state index in [2.05, 4.69) is 0 Å². The van der Waals surface area contributed by atoms with Gasteiger partial charge in [-0.25, -0.2) is 4.21 Å². The molecule has 0 saturated heterocycles. The van der Waals surface area contributed by atoms with Crippen molar-refractivity contribution in [2.24, 2.45) is 0 Å². The number of unbranched alkanes of at least 4 members (excludes halogenated alkanes) is 2. The summed E-state index contributed by atoms with van der Waals surface area (Å²) in [5, 5.41) is 0. The highest BCUT2D eigenvalue weighted by molar-refractivity contribution is 7.84. The molecule has 0 bridgehead atoms. The molecule has 0 N–H and O–H groups in total. The minimum absolute atomic E-state index is 0.188. The van der Waals surface area contributed by atoms with E-state index in [1.54, 1.807) is 20.8 Å². The fourth-order valence-corrected chi connectivity index (χ4v) is 2.54. The van der Waals surface area contributed by atoms with Crippen LogP contribution >= 0.6 is 0 Å². The fourth-order valence-electron chi connectivity index (χ4n) is 1.58. The van der Waals surface area contributed by atoms with Gasteiger partial charge in [-0.1, -0.05) is 6.42 Å². The van der Waals surface area contributed by atoms with Crippen LogP contribution in [0, 0.1) is 0 Å². The third-order valence-electron chi connectivity index (χ3n) is 2.88. The summed E-state index contributed by atoms with van der Waals surface area (Å²) < 4.78 is 37.7. The van der Waals surface area contributed by atoms with Crippen molar-refractivity contribution in [1.29, 1.82) is 0 Å². The smallest absolute Gasteiger partial charge is 0.307 e. The highest BCUT2D eigenvalue weighted by Crippen LogP contribution is 2.09. The average molecular weight is 385 g/mol. The molecule has 0 heterocycles. The summed E-state index contributed by atoms with van der Waals surface area (Å²) in [6, 6.07) is 0. The first kappa shape index (κ1) is 23.2. The Kier molecular flexibility index (Phi) is 12.1. The lowest BCUT2D eigenvalue weighted by atomic mass is 10.1. The number of esters is 2. The van der Waals surface area contributed by atoms with Crippen molar-refractivity contribution >= 4 is 33.8 Å². The van der Waals surface area contributed by atoms with Crippen molar-refractivity contribution < 1.29 is 31.7 Å². The summed E-state index contributed by atoms with van der Waals surface area (Å²) in [5.41, 5.74) is -1.42. The first-order valence-corrected chi connectivity index (χ1v) is 10.7. The molecule has 0 aliphatic rings. The van der Waals surface area contributed by atoms with Gasteiger partial charge in [0, 0.05) is 19.1 Å². The molecule has 0 aromatic heterocycles. The molecule has 7 nitrogen and oxygen atoms in total. The topological polar surface area (TPSA) is 96.0 Å². The molecule has 0 aliphatic carbocycles. The largest absolute Gasteiger partial charge is 0.449 e. The van der Waals surface area contributed by atoms with Crippen LogP contribution in [-0.4, -0.2) is 43.6 Å². The van der Waals surface area contributed by atoms with Gasteiger partial charge < -0.3 is 9.47 Å². The van der Waals surface area contributed by atoms with Gasteiger partial charge in [0.05, 0.1) is 16.9 Å². The van der Waals surface area contributed by atoms with Crippen LogP contribution in [-0.2, 0) is 45.1 Å². The third-order valence-corrected chi connectivity index (χ3v) is 5.13. The van der Waals surface area contributed by atoms with Crippen LogP contribution in [0.1, 0.15) is 59.8 Å². The van der Waals surface area contributed by atoms with Gasteiger partial charge in [-0.15, -0.1) is 0 Å². The van der Waals surface area contributed by atoms with Crippen LogP contribution in [0.2, 0.25) is 0 Å². The van der Waals surface area contributed by atoms with E-state index in [4.69, 9.17) is 13.7 Å². The summed E-state index contributed by atoms with van der Waals surface area (Å²) in [4.78, 5) is 23.1. The van der Waals surface area contributed by atoms with Crippen LogP contribution in [0.15, 0.2) is 0 Å². The van der Waals surface area contributed by atoms with E-state index < -0.39 is 44.7 Å². The highest BCUT2D eigenvalue weighted by atomic mass is 32.2. The van der Waals surface area contributed by atoms with Crippen LogP contribution in [0.3, 0.4) is 0 Å². The fraction of sp³-hybridized carbons (Fsp3) is 0.867. The molecule has 4 atom stereocenters. The number of hydrogen-bond donors (Lipinski definition) is 0. The first-order valence-electron chi connectivity index (χ1n) is 7.92. The second-order valence-electron chi connectivity index (χ2n) is 5.58. The van der Waals surface area contributed by atoms with Crippen molar-refractivity contribution in [3.8, 4) is 0 Å². The van der Waals surface area contributed by atoms with Crippen LogP contribution in [0.5, 0.6) is 0 Å². The predicted octanol–water partition coefficient (Wildman–Crippen LogP) is 2.18. The molecule has 0 radical (unpaired) electrons. The average Bonchev–Trinajstić information content (AvgIpc) is 2.45. The maximum Gasteiger partial charge on any atom is 0.307 e. The Balaban J connectivity index is 3.81. The number of hydrogen-bond acceptors (Lipinski definition) is 7. The maximum absolute atomic E-state index is 11.6. The number of rotatable bonds is 12. The first-order chi connectivity index (χ1) is 11.1. The lowest BCUT2D eigenvalue weighted by Gasteiger charge is -2.14. The van der Waals surface area contributed by atoms with E-state index in [1.807, 2.05) is 0 Å². The van der Waals surface area contributed by atoms with Gasteiger partial charge in [-0.05, 0) is 40.5 Å². The van der Waals surface area contributed by atoms with Crippen molar-refractivity contribution in [1.82, 2.24) is 0 Å². The molecular weight excluding hydrogens is 356 g/mol. The van der Waals surface area contributed by atoms with E-state index in [1.165, 1.54) is 13.2 Å². The van der Waals surface area contributed by atoms with Gasteiger partial charge in [0.2, 0.25) is 0 Å². The summed E-state index contributed by atoms with van der Waals surface area (Å²) in [6.45, 7) is 6.59. The molecular formula is C15H28O7S2. The minimum Gasteiger partial charge on any atom is -0.449 e. The van der Waals surface area contributed by atoms with E-state index in [9.17, 15) is 18.0 Å². The molecule has 0 saturated carbocycles. The van der Waals surface area contributed by atoms with Gasteiger partial charge in [0.15, 0.2) is 22.0 Å². The molecule has 0 aliphatic heterocycles. The number of ether oxygens (including phenoxy) is 2. The van der Waals surface area contributed by atoms with Crippen LogP contribution in [0.4, 0.5) is 0 Å². The van der Waals surface area contributed by atoms with E-state index in [0.717, 1.165) is 0 Å². The van der Waals surface area contributed by atoms with E-state index >= 15 is 0 Å². The Bertz CT molecular complexity index is 451. The number of carbonyl (C=O) groups is 2. The highest BCUT2D eigenvalue weighted by Gasteiger charge is 2.18. The second kappa shape index (κ2) is 12.5. The van der Waals surface area contributed by atoms with Gasteiger partial charge in [0.1, 0.15) is 0 Å². The molecule has 0 aromatic rings. The normalized spacial score (nSPS) is 16.2. The maximum atomic E-state index is 11.6. The standard InChI is InChI=1S/C15H28O7S2/c1-11(2)22-24(19)13(4)21-15(17)10-8-6-7-9-14(16)20-12(3)23(5)18/h11-13H,6-10H2,1-5H3. The predicted molar refractivity (Wildman–Crippen MR) is 92.6 cm³/mol. The molecule has 0 rings (SSSR count). The molecule has 0 amide bonds. The molecule has 4 unspecified atom stereocenters. The zero-order chi connectivity index (χ0) is 18.7. The summed E-state index contributed by atoms with van der Waals surface area (Å²) >= 11 is -1.67. The second-order valence-corrected chi connectivity index (χ2v) is 8.62. The van der Waals surface area contributed by atoms with Gasteiger partial charge >= 0.3 is 11.9 Å². The van der Waals surface area contributed by atoms with Gasteiger partial charge in [0.25, 0.3) is 0 Å². The zero-order valence-electron chi connectivity index (χ0n) is 14.9. The van der Waals surface area contributed by atoms with Crippen molar-refractivity contribution in [3.63, 3.8) is 0 Å². The third kappa shape index (κ3) is 11.7. The Morgan fingerprint density at radius 2 is 1.29 bits per heavy atom. The zero-order valence-corrected chi connectivity index (χ0v) is 16.6. The van der Waals surface area contributed by atoms with Crippen molar-refractivity contribution in [3.05, 3.63) is 0 Å². The van der Waals surface area contributed by atoms with Crippen LogP contribution < -0.4 is 0 Å². The van der Waals surface area contributed by atoms with E-state index in [-0.39, 0.29) is 18.9 Å².